The number of halogens is 2. The summed E-state index contributed by atoms with van der Waals surface area (Å²) in [5.41, 5.74) is 1.59. The lowest BCUT2D eigenvalue weighted by atomic mass is 10.1. The van der Waals surface area contributed by atoms with Crippen molar-refractivity contribution in [2.45, 2.75) is 19.5 Å². The highest BCUT2D eigenvalue weighted by Gasteiger charge is 2.33. The highest BCUT2D eigenvalue weighted by Crippen LogP contribution is 2.24. The zero-order valence-electron chi connectivity index (χ0n) is 12.3. The molecule has 23 heavy (non-hydrogen) atoms. The maximum Gasteiger partial charge on any atom is 0.255 e. The number of nitrogens with one attached hydrogen (secondary N) is 1. The summed E-state index contributed by atoms with van der Waals surface area (Å²) in [4.78, 5) is 26.0. The molecule has 2 aromatic rings. The molecule has 3 rings (SSSR count). The fraction of sp³-hybridized carbons (Fsp3) is 0.176. The maximum absolute atomic E-state index is 13.2. The van der Waals surface area contributed by atoms with E-state index in [9.17, 15) is 18.4 Å². The Kier molecular flexibility index (Phi) is 3.82. The van der Waals surface area contributed by atoms with Crippen molar-refractivity contribution in [3.63, 3.8) is 0 Å². The normalized spacial score (nSPS) is 14.6. The Balaban J connectivity index is 1.73. The average Bonchev–Trinajstić information content (AvgIpc) is 2.87. The summed E-state index contributed by atoms with van der Waals surface area (Å²) >= 11 is 0. The molecule has 0 bridgehead atoms. The van der Waals surface area contributed by atoms with E-state index < -0.39 is 23.6 Å². The Morgan fingerprint density at radius 1 is 1.17 bits per heavy atom. The smallest absolute Gasteiger partial charge is 0.255 e. The standard InChI is InChI=1S/C17H14F2N2O2/c1-10(16(22)20-12-6-7-14(18)15(19)8-12)21-9-11-4-2-3-5-13(11)17(21)23/h2-8,10H,9H2,1H3,(H,20,22). The van der Waals surface area contributed by atoms with Crippen LogP contribution in [-0.4, -0.2) is 22.8 Å². The van der Waals surface area contributed by atoms with E-state index in [1.54, 1.807) is 19.1 Å². The minimum absolute atomic E-state index is 0.143. The van der Waals surface area contributed by atoms with Crippen LogP contribution >= 0.6 is 0 Å². The number of anilines is 1. The molecule has 2 aromatic carbocycles. The zero-order valence-corrected chi connectivity index (χ0v) is 12.3. The molecule has 1 atom stereocenters. The van der Waals surface area contributed by atoms with Crippen LogP contribution in [-0.2, 0) is 11.3 Å². The van der Waals surface area contributed by atoms with Gasteiger partial charge in [0.2, 0.25) is 5.91 Å². The Morgan fingerprint density at radius 2 is 1.91 bits per heavy atom. The second kappa shape index (κ2) is 5.79. The third-order valence-corrected chi connectivity index (χ3v) is 3.88. The van der Waals surface area contributed by atoms with Gasteiger partial charge in [0.25, 0.3) is 5.91 Å². The van der Waals surface area contributed by atoms with E-state index in [0.29, 0.717) is 12.1 Å². The Morgan fingerprint density at radius 3 is 2.61 bits per heavy atom. The van der Waals surface area contributed by atoms with Crippen molar-refractivity contribution in [3.8, 4) is 0 Å². The van der Waals surface area contributed by atoms with Crippen LogP contribution in [0, 0.1) is 11.6 Å². The van der Waals surface area contributed by atoms with Crippen molar-refractivity contribution in [2.24, 2.45) is 0 Å². The number of amides is 2. The molecule has 0 saturated carbocycles. The topological polar surface area (TPSA) is 49.4 Å². The number of nitrogens with zero attached hydrogens (tertiary/aromatic N) is 1. The van der Waals surface area contributed by atoms with Gasteiger partial charge >= 0.3 is 0 Å². The molecular formula is C17H14F2N2O2. The lowest BCUT2D eigenvalue weighted by Gasteiger charge is -2.23. The molecule has 1 unspecified atom stereocenters. The summed E-state index contributed by atoms with van der Waals surface area (Å²) in [6.07, 6.45) is 0. The molecule has 0 saturated heterocycles. The summed E-state index contributed by atoms with van der Waals surface area (Å²) in [5.74, 6) is -2.70. The molecule has 0 radical (unpaired) electrons. The summed E-state index contributed by atoms with van der Waals surface area (Å²) in [7, 11) is 0. The van der Waals surface area contributed by atoms with Crippen molar-refractivity contribution >= 4 is 17.5 Å². The first-order valence-electron chi connectivity index (χ1n) is 7.12. The van der Waals surface area contributed by atoms with Gasteiger partial charge in [0.05, 0.1) is 0 Å². The Labute approximate surface area is 131 Å². The minimum Gasteiger partial charge on any atom is -0.324 e. The van der Waals surface area contributed by atoms with Crippen LogP contribution in [0.4, 0.5) is 14.5 Å². The van der Waals surface area contributed by atoms with Crippen molar-refractivity contribution in [1.82, 2.24) is 4.90 Å². The summed E-state index contributed by atoms with van der Waals surface area (Å²) in [5, 5.41) is 2.49. The second-order valence-corrected chi connectivity index (χ2v) is 5.38. The van der Waals surface area contributed by atoms with Crippen LogP contribution in [0.5, 0.6) is 0 Å². The van der Waals surface area contributed by atoms with Crippen LogP contribution < -0.4 is 5.32 Å². The number of fused-ring (bicyclic) bond motifs is 1. The second-order valence-electron chi connectivity index (χ2n) is 5.38. The van der Waals surface area contributed by atoms with Crippen molar-refractivity contribution in [1.29, 1.82) is 0 Å². The van der Waals surface area contributed by atoms with E-state index in [1.807, 2.05) is 12.1 Å². The van der Waals surface area contributed by atoms with E-state index in [2.05, 4.69) is 5.32 Å². The molecule has 1 aliphatic heterocycles. The van der Waals surface area contributed by atoms with Gasteiger partial charge in [0.1, 0.15) is 6.04 Å². The molecule has 1 N–H and O–H groups in total. The average molecular weight is 316 g/mol. The molecule has 1 heterocycles. The molecule has 0 fully saturated rings. The molecule has 6 heteroatoms. The molecular weight excluding hydrogens is 302 g/mol. The molecule has 0 aromatic heterocycles. The highest BCUT2D eigenvalue weighted by molar-refractivity contribution is 6.03. The SMILES string of the molecule is CC(C(=O)Nc1ccc(F)c(F)c1)N1Cc2ccccc2C1=O. The van der Waals surface area contributed by atoms with Gasteiger partial charge in [-0.3, -0.25) is 9.59 Å². The Hall–Kier alpha value is -2.76. The van der Waals surface area contributed by atoms with Crippen molar-refractivity contribution in [2.75, 3.05) is 5.32 Å². The molecule has 2 amide bonds. The van der Waals surface area contributed by atoms with Crippen LogP contribution in [0.25, 0.3) is 0 Å². The third-order valence-electron chi connectivity index (χ3n) is 3.88. The molecule has 0 aliphatic carbocycles. The van der Waals surface area contributed by atoms with E-state index in [0.717, 1.165) is 17.7 Å². The van der Waals surface area contributed by atoms with E-state index in [1.165, 1.54) is 11.0 Å². The molecule has 118 valence electrons. The molecule has 0 spiro atoms. The van der Waals surface area contributed by atoms with E-state index >= 15 is 0 Å². The molecule has 1 aliphatic rings. The predicted octanol–water partition coefficient (Wildman–Crippen LogP) is 2.95. The first-order valence-corrected chi connectivity index (χ1v) is 7.12. The lowest BCUT2D eigenvalue weighted by Crippen LogP contribution is -2.42. The maximum atomic E-state index is 13.2. The molecule has 4 nitrogen and oxygen atoms in total. The largest absolute Gasteiger partial charge is 0.324 e. The minimum atomic E-state index is -1.04. The van der Waals surface area contributed by atoms with Crippen molar-refractivity contribution in [3.05, 3.63) is 65.2 Å². The van der Waals surface area contributed by atoms with E-state index in [-0.39, 0.29) is 11.6 Å². The van der Waals surface area contributed by atoms with E-state index in [4.69, 9.17) is 0 Å². The van der Waals surface area contributed by atoms with Crippen LogP contribution in [0.1, 0.15) is 22.8 Å². The number of hydrogen-bond donors (Lipinski definition) is 1. The van der Waals surface area contributed by atoms with Gasteiger partial charge in [-0.2, -0.15) is 0 Å². The summed E-state index contributed by atoms with van der Waals surface area (Å²) in [6, 6.07) is 9.54. The summed E-state index contributed by atoms with van der Waals surface area (Å²) in [6.45, 7) is 1.94. The predicted molar refractivity (Wildman–Crippen MR) is 80.8 cm³/mol. The third kappa shape index (κ3) is 2.79. The first kappa shape index (κ1) is 15.1. The van der Waals surface area contributed by atoms with Gasteiger partial charge < -0.3 is 10.2 Å². The van der Waals surface area contributed by atoms with Gasteiger partial charge in [0, 0.05) is 23.9 Å². The van der Waals surface area contributed by atoms with Gasteiger partial charge in [-0.1, -0.05) is 18.2 Å². The number of carbonyl (C=O) groups is 2. The van der Waals surface area contributed by atoms with Gasteiger partial charge in [-0.25, -0.2) is 8.78 Å². The quantitative estimate of drug-likeness (QED) is 0.946. The highest BCUT2D eigenvalue weighted by atomic mass is 19.2. The van der Waals surface area contributed by atoms with Crippen LogP contribution in [0.2, 0.25) is 0 Å². The van der Waals surface area contributed by atoms with Crippen LogP contribution in [0.3, 0.4) is 0 Å². The summed E-state index contributed by atoms with van der Waals surface area (Å²) < 4.78 is 26.1. The fourth-order valence-electron chi connectivity index (χ4n) is 2.55. The lowest BCUT2D eigenvalue weighted by molar-refractivity contribution is -0.120. The number of benzene rings is 2. The fourth-order valence-corrected chi connectivity index (χ4v) is 2.55. The van der Waals surface area contributed by atoms with Gasteiger partial charge in [-0.15, -0.1) is 0 Å². The first-order chi connectivity index (χ1) is 11.0. The number of carbonyl (C=O) groups excluding carboxylic acids is 2. The zero-order chi connectivity index (χ0) is 16.6. The van der Waals surface area contributed by atoms with Crippen LogP contribution in [0.15, 0.2) is 42.5 Å². The Bertz CT molecular complexity index is 792. The van der Waals surface area contributed by atoms with Crippen molar-refractivity contribution < 1.29 is 18.4 Å². The van der Waals surface area contributed by atoms with Gasteiger partial charge in [-0.05, 0) is 30.7 Å². The number of hydrogen-bond acceptors (Lipinski definition) is 2. The monoisotopic (exact) mass is 316 g/mol. The van der Waals surface area contributed by atoms with Gasteiger partial charge in [0.15, 0.2) is 11.6 Å². The number of rotatable bonds is 3.